The second kappa shape index (κ2) is 9.31. The van der Waals surface area contributed by atoms with Gasteiger partial charge in [0.2, 0.25) is 0 Å². The fourth-order valence-corrected chi connectivity index (χ4v) is 5.65. The van der Waals surface area contributed by atoms with Crippen LogP contribution in [-0.2, 0) is 9.47 Å². The van der Waals surface area contributed by atoms with Crippen molar-refractivity contribution in [3.05, 3.63) is 0 Å². The number of amides is 1. The molecule has 1 atom stereocenters. The lowest BCUT2D eigenvalue weighted by Crippen LogP contribution is -2.52. The Bertz CT molecular complexity index is 509. The number of hydrogen-bond donors (Lipinski definition) is 0. The summed E-state index contributed by atoms with van der Waals surface area (Å²) in [5.41, 5.74) is -0.238. The maximum atomic E-state index is 12.5. The summed E-state index contributed by atoms with van der Waals surface area (Å²) in [7, 11) is 2.25. The van der Waals surface area contributed by atoms with Gasteiger partial charge in [-0.1, -0.05) is 19.3 Å². The first-order valence-electron chi connectivity index (χ1n) is 11.7. The molecule has 0 N–H and O–H groups in total. The molecule has 3 heterocycles. The molecule has 0 bridgehead atoms. The smallest absolute Gasteiger partial charge is 0.410 e. The van der Waals surface area contributed by atoms with Crippen LogP contribution in [0.1, 0.15) is 64.2 Å². The van der Waals surface area contributed by atoms with E-state index in [9.17, 15) is 4.79 Å². The number of rotatable bonds is 6. The minimum absolute atomic E-state index is 0.0882. The molecular weight excluding hydrogens is 354 g/mol. The predicted octanol–water partition coefficient (Wildman–Crippen LogP) is 3.11. The van der Waals surface area contributed by atoms with E-state index in [1.165, 1.54) is 44.9 Å². The van der Waals surface area contributed by atoms with Crippen molar-refractivity contribution in [1.29, 1.82) is 0 Å². The standard InChI is InChI=1S/C22H39N3O3/c1-23(19-7-3-2-4-8-19)12-6-13-25-18-22(28-21(25)26)10-14-24(15-11-22)20-9-5-16-27-17-20/h19-20H,2-18H2,1H3/t20-/m1/s1. The Morgan fingerprint density at radius 1 is 1.11 bits per heavy atom. The minimum Gasteiger partial charge on any atom is -0.441 e. The molecule has 1 amide bonds. The van der Waals surface area contributed by atoms with E-state index < -0.39 is 0 Å². The zero-order chi connectivity index (χ0) is 19.4. The number of carbonyl (C=O) groups is 1. The molecule has 1 spiro atoms. The monoisotopic (exact) mass is 393 g/mol. The molecule has 3 saturated heterocycles. The van der Waals surface area contributed by atoms with Crippen LogP contribution in [0.15, 0.2) is 0 Å². The maximum absolute atomic E-state index is 12.5. The van der Waals surface area contributed by atoms with Crippen LogP contribution in [0.3, 0.4) is 0 Å². The lowest BCUT2D eigenvalue weighted by atomic mass is 9.90. The first kappa shape index (κ1) is 20.4. The highest BCUT2D eigenvalue weighted by atomic mass is 16.6. The molecule has 0 aromatic heterocycles. The molecule has 0 aromatic carbocycles. The van der Waals surface area contributed by atoms with E-state index in [2.05, 4.69) is 16.8 Å². The first-order chi connectivity index (χ1) is 13.7. The van der Waals surface area contributed by atoms with Crippen molar-refractivity contribution in [2.75, 3.05) is 53.0 Å². The Morgan fingerprint density at radius 3 is 2.61 bits per heavy atom. The maximum Gasteiger partial charge on any atom is 0.410 e. The average Bonchev–Trinajstić information content (AvgIpc) is 3.04. The van der Waals surface area contributed by atoms with Crippen LogP contribution in [-0.4, -0.2) is 91.5 Å². The molecule has 4 rings (SSSR count). The third kappa shape index (κ3) is 4.82. The largest absolute Gasteiger partial charge is 0.441 e. The highest BCUT2D eigenvalue weighted by molar-refractivity contribution is 5.70. The molecule has 0 radical (unpaired) electrons. The number of nitrogens with zero attached hydrogens (tertiary/aromatic N) is 3. The van der Waals surface area contributed by atoms with Crippen LogP contribution in [0.4, 0.5) is 4.79 Å². The van der Waals surface area contributed by atoms with Crippen LogP contribution < -0.4 is 0 Å². The predicted molar refractivity (Wildman–Crippen MR) is 110 cm³/mol. The SMILES string of the molecule is CN(CCCN1CC2(CCN([C@@H]3CCCOC3)CC2)OC1=O)C1CCCCC1. The van der Waals surface area contributed by atoms with Gasteiger partial charge in [0.25, 0.3) is 0 Å². The quantitative estimate of drug-likeness (QED) is 0.694. The third-order valence-electron chi connectivity index (χ3n) is 7.54. The molecule has 6 nitrogen and oxygen atoms in total. The molecule has 1 aliphatic carbocycles. The zero-order valence-electron chi connectivity index (χ0n) is 17.7. The highest BCUT2D eigenvalue weighted by Crippen LogP contribution is 2.34. The van der Waals surface area contributed by atoms with E-state index in [-0.39, 0.29) is 11.7 Å². The lowest BCUT2D eigenvalue weighted by molar-refractivity contribution is -0.0389. The van der Waals surface area contributed by atoms with E-state index in [4.69, 9.17) is 9.47 Å². The number of likely N-dealkylation sites (tertiary alicyclic amines) is 1. The molecule has 28 heavy (non-hydrogen) atoms. The molecular formula is C22H39N3O3. The van der Waals surface area contributed by atoms with Crippen LogP contribution in [0, 0.1) is 0 Å². The van der Waals surface area contributed by atoms with E-state index in [1.54, 1.807) is 0 Å². The number of hydrogen-bond acceptors (Lipinski definition) is 5. The number of carbonyl (C=O) groups excluding carboxylic acids is 1. The Balaban J connectivity index is 1.19. The summed E-state index contributed by atoms with van der Waals surface area (Å²) in [4.78, 5) is 19.5. The van der Waals surface area contributed by atoms with Crippen molar-refractivity contribution in [1.82, 2.24) is 14.7 Å². The van der Waals surface area contributed by atoms with Gasteiger partial charge in [-0.3, -0.25) is 4.90 Å². The summed E-state index contributed by atoms with van der Waals surface area (Å²) >= 11 is 0. The van der Waals surface area contributed by atoms with Gasteiger partial charge in [-0.25, -0.2) is 4.79 Å². The van der Waals surface area contributed by atoms with Gasteiger partial charge >= 0.3 is 6.09 Å². The average molecular weight is 394 g/mol. The molecule has 160 valence electrons. The zero-order valence-corrected chi connectivity index (χ0v) is 17.7. The summed E-state index contributed by atoms with van der Waals surface area (Å²) in [5.74, 6) is 0. The Hall–Kier alpha value is -0.850. The van der Waals surface area contributed by atoms with Crippen LogP contribution >= 0.6 is 0 Å². The summed E-state index contributed by atoms with van der Waals surface area (Å²) < 4.78 is 11.6. The molecule has 4 aliphatic rings. The topological polar surface area (TPSA) is 45.2 Å². The Morgan fingerprint density at radius 2 is 1.89 bits per heavy atom. The molecule has 0 aromatic rings. The van der Waals surface area contributed by atoms with E-state index in [1.807, 2.05) is 4.90 Å². The lowest BCUT2D eigenvalue weighted by Gasteiger charge is -2.42. The van der Waals surface area contributed by atoms with E-state index >= 15 is 0 Å². The van der Waals surface area contributed by atoms with Gasteiger partial charge in [-0.05, 0) is 45.7 Å². The van der Waals surface area contributed by atoms with E-state index in [0.717, 1.165) is 71.2 Å². The summed E-state index contributed by atoms with van der Waals surface area (Å²) in [6, 6.07) is 1.31. The van der Waals surface area contributed by atoms with Gasteiger partial charge in [0.15, 0.2) is 0 Å². The van der Waals surface area contributed by atoms with Crippen molar-refractivity contribution in [3.63, 3.8) is 0 Å². The van der Waals surface area contributed by atoms with Gasteiger partial charge < -0.3 is 19.3 Å². The van der Waals surface area contributed by atoms with Gasteiger partial charge in [-0.15, -0.1) is 0 Å². The fraction of sp³-hybridized carbons (Fsp3) is 0.955. The van der Waals surface area contributed by atoms with Gasteiger partial charge in [0, 0.05) is 51.2 Å². The molecule has 1 saturated carbocycles. The van der Waals surface area contributed by atoms with Crippen molar-refractivity contribution in [2.24, 2.45) is 0 Å². The second-order valence-electron chi connectivity index (χ2n) is 9.51. The molecule has 0 unspecified atom stereocenters. The van der Waals surface area contributed by atoms with Gasteiger partial charge in [-0.2, -0.15) is 0 Å². The van der Waals surface area contributed by atoms with Crippen molar-refractivity contribution >= 4 is 6.09 Å². The summed E-state index contributed by atoms with van der Waals surface area (Å²) in [5, 5.41) is 0. The van der Waals surface area contributed by atoms with E-state index in [0.29, 0.717) is 6.04 Å². The second-order valence-corrected chi connectivity index (χ2v) is 9.51. The molecule has 6 heteroatoms. The third-order valence-corrected chi connectivity index (χ3v) is 7.54. The van der Waals surface area contributed by atoms with Crippen LogP contribution in [0.25, 0.3) is 0 Å². The molecule has 3 aliphatic heterocycles. The van der Waals surface area contributed by atoms with Crippen LogP contribution in [0.2, 0.25) is 0 Å². The summed E-state index contributed by atoms with van der Waals surface area (Å²) in [6.45, 7) is 6.53. The molecule has 4 fully saturated rings. The Kier molecular flexibility index (Phi) is 6.79. The normalized spacial score (nSPS) is 29.6. The van der Waals surface area contributed by atoms with Crippen LogP contribution in [0.5, 0.6) is 0 Å². The van der Waals surface area contributed by atoms with Crippen molar-refractivity contribution in [3.8, 4) is 0 Å². The van der Waals surface area contributed by atoms with Gasteiger partial charge in [0.05, 0.1) is 13.2 Å². The highest BCUT2D eigenvalue weighted by Gasteiger charge is 2.47. The number of ether oxygens (including phenoxy) is 2. The van der Waals surface area contributed by atoms with Crippen molar-refractivity contribution in [2.45, 2.75) is 81.9 Å². The van der Waals surface area contributed by atoms with Gasteiger partial charge in [0.1, 0.15) is 5.60 Å². The Labute approximate surface area is 170 Å². The fourth-order valence-electron chi connectivity index (χ4n) is 5.65. The van der Waals surface area contributed by atoms with Crippen molar-refractivity contribution < 1.29 is 14.3 Å². The number of piperidine rings is 1. The minimum atomic E-state index is -0.238. The summed E-state index contributed by atoms with van der Waals surface area (Å²) in [6.07, 6.45) is 12.1. The first-order valence-corrected chi connectivity index (χ1v) is 11.7.